The lowest BCUT2D eigenvalue weighted by atomic mass is 10.1. The molecule has 2 rings (SSSR count). The van der Waals surface area contributed by atoms with Crippen LogP contribution in [0.25, 0.3) is 0 Å². The summed E-state index contributed by atoms with van der Waals surface area (Å²) in [5, 5.41) is 1.96. The normalized spacial score (nSPS) is 17.9. The Morgan fingerprint density at radius 3 is 2.61 bits per heavy atom. The van der Waals surface area contributed by atoms with E-state index in [0.29, 0.717) is 12.6 Å². The maximum atomic E-state index is 12.2. The van der Waals surface area contributed by atoms with Crippen LogP contribution in [0.15, 0.2) is 15.9 Å². The quantitative estimate of drug-likeness (QED) is 0.604. The number of hydrogen-bond acceptors (Lipinski definition) is 3. The Morgan fingerprint density at radius 1 is 1.39 bits per heavy atom. The van der Waals surface area contributed by atoms with Crippen molar-refractivity contribution in [2.45, 2.75) is 44.6 Å². The van der Waals surface area contributed by atoms with Crippen LogP contribution in [0.5, 0.6) is 0 Å². The molecule has 0 amide bonds. The molecule has 0 saturated heterocycles. The molecule has 0 atom stereocenters. The van der Waals surface area contributed by atoms with E-state index in [-0.39, 0.29) is 5.78 Å². The van der Waals surface area contributed by atoms with Gasteiger partial charge in [0.05, 0.1) is 11.4 Å². The van der Waals surface area contributed by atoms with E-state index < -0.39 is 0 Å². The Bertz CT molecular complexity index is 396. The Balaban J connectivity index is 1.92. The molecule has 1 aromatic rings. The van der Waals surface area contributed by atoms with E-state index in [4.69, 9.17) is 0 Å². The van der Waals surface area contributed by atoms with Crippen LogP contribution < -0.4 is 0 Å². The van der Waals surface area contributed by atoms with Gasteiger partial charge in [0.25, 0.3) is 0 Å². The smallest absolute Gasteiger partial charge is 0.187 e. The van der Waals surface area contributed by atoms with Crippen molar-refractivity contribution >= 4 is 33.0 Å². The zero-order chi connectivity index (χ0) is 13.0. The number of halogens is 1. The molecule has 0 bridgehead atoms. The van der Waals surface area contributed by atoms with Gasteiger partial charge in [0.2, 0.25) is 0 Å². The fraction of sp³-hybridized carbons (Fsp3) is 0.643. The van der Waals surface area contributed by atoms with E-state index in [1.165, 1.54) is 49.9 Å². The van der Waals surface area contributed by atoms with E-state index >= 15 is 0 Å². The average molecular weight is 330 g/mol. The monoisotopic (exact) mass is 329 g/mol. The summed E-state index contributed by atoms with van der Waals surface area (Å²) in [6, 6.07) is 2.54. The van der Waals surface area contributed by atoms with E-state index in [9.17, 15) is 4.79 Å². The first kappa shape index (κ1) is 14.2. The van der Waals surface area contributed by atoms with Crippen LogP contribution in [-0.2, 0) is 0 Å². The van der Waals surface area contributed by atoms with Crippen LogP contribution in [-0.4, -0.2) is 30.3 Å². The number of carbonyl (C=O) groups is 1. The van der Waals surface area contributed by atoms with Gasteiger partial charge < -0.3 is 0 Å². The third kappa shape index (κ3) is 3.65. The van der Waals surface area contributed by atoms with Gasteiger partial charge in [0, 0.05) is 10.5 Å². The molecule has 1 fully saturated rings. The maximum absolute atomic E-state index is 12.2. The Hall–Kier alpha value is -0.190. The topological polar surface area (TPSA) is 20.3 Å². The number of Topliss-reactive ketones (excluding diaryl/α,β-unsaturated/α-hetero) is 1. The first-order valence-corrected chi connectivity index (χ1v) is 8.32. The molecule has 1 aromatic heterocycles. The van der Waals surface area contributed by atoms with Crippen LogP contribution in [0.1, 0.15) is 48.2 Å². The minimum absolute atomic E-state index is 0.239. The molecule has 1 saturated carbocycles. The molecule has 0 unspecified atom stereocenters. The van der Waals surface area contributed by atoms with Crippen molar-refractivity contribution in [2.75, 3.05) is 13.6 Å². The zero-order valence-electron chi connectivity index (χ0n) is 10.8. The van der Waals surface area contributed by atoms with E-state index in [0.717, 1.165) is 9.35 Å². The van der Waals surface area contributed by atoms with Gasteiger partial charge in [0.15, 0.2) is 5.78 Å². The summed E-state index contributed by atoms with van der Waals surface area (Å²) in [6.45, 7) is 0.545. The van der Waals surface area contributed by atoms with E-state index in [1.807, 2.05) is 11.4 Å². The number of hydrogen-bond donors (Lipinski definition) is 0. The third-order valence-corrected chi connectivity index (χ3v) is 5.59. The second-order valence-corrected chi connectivity index (χ2v) is 6.85. The Labute approximate surface area is 122 Å². The summed E-state index contributed by atoms with van der Waals surface area (Å²) >= 11 is 4.96. The molecule has 0 aliphatic heterocycles. The predicted octanol–water partition coefficient (Wildman–Crippen LogP) is 4.35. The average Bonchev–Trinajstić information content (AvgIpc) is 2.63. The van der Waals surface area contributed by atoms with Crippen LogP contribution in [0, 0.1) is 0 Å². The Kier molecular flexibility index (Phi) is 5.39. The largest absolute Gasteiger partial charge is 0.296 e. The fourth-order valence-electron chi connectivity index (χ4n) is 2.62. The molecule has 100 valence electrons. The molecule has 0 N–H and O–H groups in total. The summed E-state index contributed by atoms with van der Waals surface area (Å²) in [4.78, 5) is 15.3. The molecule has 0 aromatic carbocycles. The molecular formula is C14H20BrNOS. The van der Waals surface area contributed by atoms with E-state index in [2.05, 4.69) is 27.9 Å². The molecular weight excluding hydrogens is 310 g/mol. The highest BCUT2D eigenvalue weighted by Gasteiger charge is 2.20. The fourth-order valence-corrected chi connectivity index (χ4v) is 4.14. The molecule has 0 spiro atoms. The van der Waals surface area contributed by atoms with Gasteiger partial charge >= 0.3 is 0 Å². The van der Waals surface area contributed by atoms with Crippen LogP contribution >= 0.6 is 27.3 Å². The number of nitrogens with zero attached hydrogens (tertiary/aromatic N) is 1. The number of ketones is 1. The minimum Gasteiger partial charge on any atom is -0.296 e. The lowest BCUT2D eigenvalue weighted by Crippen LogP contribution is -2.35. The lowest BCUT2D eigenvalue weighted by molar-refractivity contribution is 0.0915. The summed E-state index contributed by atoms with van der Waals surface area (Å²) < 4.78 is 0.937. The summed E-state index contributed by atoms with van der Waals surface area (Å²) in [5.74, 6) is 0.239. The second kappa shape index (κ2) is 6.83. The summed E-state index contributed by atoms with van der Waals surface area (Å²) in [5.41, 5.74) is 0. The number of rotatable bonds is 4. The molecule has 1 heterocycles. The first-order chi connectivity index (χ1) is 8.68. The molecule has 18 heavy (non-hydrogen) atoms. The lowest BCUT2D eigenvalue weighted by Gasteiger charge is -2.26. The van der Waals surface area contributed by atoms with Crippen molar-refractivity contribution in [1.82, 2.24) is 4.90 Å². The van der Waals surface area contributed by atoms with Crippen molar-refractivity contribution in [3.63, 3.8) is 0 Å². The van der Waals surface area contributed by atoms with Crippen molar-refractivity contribution in [3.05, 3.63) is 20.8 Å². The highest BCUT2D eigenvalue weighted by Crippen LogP contribution is 2.25. The van der Waals surface area contributed by atoms with Gasteiger partial charge in [-0.15, -0.1) is 11.3 Å². The van der Waals surface area contributed by atoms with Gasteiger partial charge in [-0.3, -0.25) is 9.69 Å². The van der Waals surface area contributed by atoms with Gasteiger partial charge in [-0.05, 0) is 47.3 Å². The maximum Gasteiger partial charge on any atom is 0.187 e. The SMILES string of the molecule is CN(CC(=O)c1sccc1Br)C1CCCCCC1. The standard InChI is InChI=1S/C14H20BrNOS/c1-16(11-6-4-2-3-5-7-11)10-13(17)14-12(15)8-9-18-14/h8-9,11H,2-7,10H2,1H3. The number of carbonyl (C=O) groups excluding carboxylic acids is 1. The van der Waals surface area contributed by atoms with Crippen molar-refractivity contribution in [1.29, 1.82) is 0 Å². The Morgan fingerprint density at radius 2 is 2.06 bits per heavy atom. The summed E-state index contributed by atoms with van der Waals surface area (Å²) in [7, 11) is 2.09. The molecule has 2 nitrogen and oxygen atoms in total. The number of likely N-dealkylation sites (N-methyl/N-ethyl adjacent to an activating group) is 1. The minimum atomic E-state index is 0.239. The highest BCUT2D eigenvalue weighted by molar-refractivity contribution is 9.10. The molecule has 1 aliphatic rings. The zero-order valence-corrected chi connectivity index (χ0v) is 13.2. The van der Waals surface area contributed by atoms with E-state index in [1.54, 1.807) is 0 Å². The van der Waals surface area contributed by atoms with Gasteiger partial charge in [-0.2, -0.15) is 0 Å². The van der Waals surface area contributed by atoms with Crippen LogP contribution in [0.4, 0.5) is 0 Å². The van der Waals surface area contributed by atoms with Crippen molar-refractivity contribution in [3.8, 4) is 0 Å². The van der Waals surface area contributed by atoms with Crippen LogP contribution in [0.2, 0.25) is 0 Å². The highest BCUT2D eigenvalue weighted by atomic mass is 79.9. The summed E-state index contributed by atoms with van der Waals surface area (Å²) in [6.07, 6.45) is 7.83. The predicted molar refractivity (Wildman–Crippen MR) is 80.5 cm³/mol. The molecule has 0 radical (unpaired) electrons. The third-order valence-electron chi connectivity index (χ3n) is 3.71. The molecule has 4 heteroatoms. The van der Waals surface area contributed by atoms with Gasteiger partial charge in [0.1, 0.15) is 0 Å². The first-order valence-electron chi connectivity index (χ1n) is 6.65. The van der Waals surface area contributed by atoms with Gasteiger partial charge in [-0.1, -0.05) is 25.7 Å². The molecule has 1 aliphatic carbocycles. The van der Waals surface area contributed by atoms with Crippen LogP contribution in [0.3, 0.4) is 0 Å². The van der Waals surface area contributed by atoms with Crippen molar-refractivity contribution in [2.24, 2.45) is 0 Å². The van der Waals surface area contributed by atoms with Gasteiger partial charge in [-0.25, -0.2) is 0 Å². The van der Waals surface area contributed by atoms with Crippen molar-refractivity contribution < 1.29 is 4.79 Å². The second-order valence-electron chi connectivity index (χ2n) is 5.08. The number of thiophene rings is 1.